The van der Waals surface area contributed by atoms with Gasteiger partial charge in [-0.2, -0.15) is 0 Å². The average molecular weight is 492 g/mol. The molecule has 3 aromatic rings. The largest absolute Gasteiger partial charge is 0.467 e. The number of aryl methyl sites for hydroxylation is 2. The number of halogens is 1. The number of ether oxygens (including phenoxy) is 1. The summed E-state index contributed by atoms with van der Waals surface area (Å²) >= 11 is 11.9. The number of hydrogen-bond acceptors (Lipinski definition) is 3. The fourth-order valence-corrected chi connectivity index (χ4v) is 5.47. The van der Waals surface area contributed by atoms with E-state index in [2.05, 4.69) is 35.8 Å². The van der Waals surface area contributed by atoms with Gasteiger partial charge in [-0.1, -0.05) is 48.4 Å². The Kier molecular flexibility index (Phi) is 5.74. The van der Waals surface area contributed by atoms with Crippen LogP contribution in [-0.4, -0.2) is 16.7 Å². The molecule has 174 valence electrons. The summed E-state index contributed by atoms with van der Waals surface area (Å²) in [4.78, 5) is 15.7. The summed E-state index contributed by atoms with van der Waals surface area (Å²) in [5, 5.41) is 7.65. The molecule has 0 spiro atoms. The molecule has 0 radical (unpaired) electrons. The lowest BCUT2D eigenvalue weighted by atomic mass is 9.78. The molecule has 34 heavy (non-hydrogen) atoms. The molecule has 5 rings (SSSR count). The van der Waals surface area contributed by atoms with Crippen LogP contribution in [-0.2, 0) is 11.2 Å². The predicted molar refractivity (Wildman–Crippen MR) is 141 cm³/mol. The Morgan fingerprint density at radius 3 is 2.53 bits per heavy atom. The van der Waals surface area contributed by atoms with Gasteiger partial charge in [-0.15, -0.1) is 0 Å². The van der Waals surface area contributed by atoms with Crippen molar-refractivity contribution < 1.29 is 9.53 Å². The van der Waals surface area contributed by atoms with Gasteiger partial charge in [-0.25, -0.2) is 0 Å². The molecule has 2 N–H and O–H groups in total. The van der Waals surface area contributed by atoms with Gasteiger partial charge in [-0.3, -0.25) is 9.69 Å². The molecule has 2 heterocycles. The topological polar surface area (TPSA) is 53.6 Å². The maximum absolute atomic E-state index is 13.8. The van der Waals surface area contributed by atoms with Crippen molar-refractivity contribution in [3.05, 3.63) is 88.4 Å². The van der Waals surface area contributed by atoms with Gasteiger partial charge in [0.1, 0.15) is 11.7 Å². The van der Waals surface area contributed by atoms with E-state index in [0.717, 1.165) is 29.0 Å². The number of nitrogens with zero attached hydrogens (tertiary/aromatic N) is 1. The number of carbonyl (C=O) groups excluding carboxylic acids is 1. The number of rotatable bonds is 4. The van der Waals surface area contributed by atoms with Crippen LogP contribution in [0, 0.1) is 12.8 Å². The van der Waals surface area contributed by atoms with Crippen molar-refractivity contribution in [2.75, 3.05) is 10.2 Å². The zero-order valence-corrected chi connectivity index (χ0v) is 20.8. The van der Waals surface area contributed by atoms with Crippen molar-refractivity contribution >= 4 is 46.2 Å². The summed E-state index contributed by atoms with van der Waals surface area (Å²) in [6.45, 7) is 6.09. The quantitative estimate of drug-likeness (QED) is 0.438. The maximum atomic E-state index is 13.8. The van der Waals surface area contributed by atoms with Gasteiger partial charge >= 0.3 is 0 Å². The molecule has 3 atom stereocenters. The van der Waals surface area contributed by atoms with Gasteiger partial charge < -0.3 is 15.4 Å². The number of thiocarbonyl (C=S) groups is 1. The minimum absolute atomic E-state index is 0.160. The molecule has 0 aromatic heterocycles. The van der Waals surface area contributed by atoms with Crippen molar-refractivity contribution in [1.82, 2.24) is 5.32 Å². The van der Waals surface area contributed by atoms with Crippen molar-refractivity contribution in [1.29, 1.82) is 0 Å². The molecule has 1 amide bonds. The lowest BCUT2D eigenvalue weighted by molar-refractivity contribution is -0.130. The fraction of sp³-hybridized carbons (Fsp3) is 0.259. The van der Waals surface area contributed by atoms with E-state index >= 15 is 0 Å². The number of anilines is 2. The number of nitrogens with one attached hydrogen (secondary N) is 2. The Morgan fingerprint density at radius 1 is 1.15 bits per heavy atom. The molecule has 2 bridgehead atoms. The molecule has 2 aliphatic rings. The minimum atomic E-state index is -1.04. The van der Waals surface area contributed by atoms with Crippen molar-refractivity contribution in [2.24, 2.45) is 5.92 Å². The van der Waals surface area contributed by atoms with Crippen LogP contribution in [0.4, 0.5) is 11.4 Å². The Bertz CT molecular complexity index is 1260. The normalized spacial score (nSPS) is 22.9. The Hall–Kier alpha value is -3.09. The molecule has 3 aromatic carbocycles. The third kappa shape index (κ3) is 3.81. The molecule has 0 aliphatic carbocycles. The van der Waals surface area contributed by atoms with E-state index in [9.17, 15) is 4.79 Å². The molecule has 7 heteroatoms. The third-order valence-electron chi connectivity index (χ3n) is 6.65. The summed E-state index contributed by atoms with van der Waals surface area (Å²) in [7, 11) is 0. The molecule has 1 fully saturated rings. The van der Waals surface area contributed by atoms with E-state index in [1.54, 1.807) is 24.3 Å². The second kappa shape index (κ2) is 8.60. The van der Waals surface area contributed by atoms with Crippen LogP contribution in [0.25, 0.3) is 0 Å². The highest BCUT2D eigenvalue weighted by atomic mass is 35.5. The highest BCUT2D eigenvalue weighted by molar-refractivity contribution is 7.80. The highest BCUT2D eigenvalue weighted by Gasteiger charge is 2.59. The summed E-state index contributed by atoms with van der Waals surface area (Å²) in [5.41, 5.74) is 3.75. The zero-order chi connectivity index (χ0) is 24.0. The van der Waals surface area contributed by atoms with Gasteiger partial charge in [0.25, 0.3) is 0 Å². The molecule has 3 unspecified atom stereocenters. The second-order valence-electron chi connectivity index (χ2n) is 8.95. The zero-order valence-electron chi connectivity index (χ0n) is 19.3. The summed E-state index contributed by atoms with van der Waals surface area (Å²) in [6.07, 6.45) is 0.942. The minimum Gasteiger partial charge on any atom is -0.467 e. The molecule has 2 aliphatic heterocycles. The van der Waals surface area contributed by atoms with Crippen molar-refractivity contribution in [3.63, 3.8) is 0 Å². The SMILES string of the molecule is CCc1ccc(N2C(=S)NC3c4cc(C)ccc4OC2(C)C3C(=O)Nc2ccc(Cl)cc2)cc1. The van der Waals surface area contributed by atoms with Gasteiger partial charge in [-0.05, 0) is 80.5 Å². The first-order valence-corrected chi connectivity index (χ1v) is 12.1. The van der Waals surface area contributed by atoms with E-state index in [1.165, 1.54) is 5.56 Å². The van der Waals surface area contributed by atoms with Crippen LogP contribution < -0.4 is 20.3 Å². The first-order chi connectivity index (χ1) is 16.3. The van der Waals surface area contributed by atoms with E-state index in [0.29, 0.717) is 15.8 Å². The van der Waals surface area contributed by atoms with Crippen LogP contribution in [0.3, 0.4) is 0 Å². The first-order valence-electron chi connectivity index (χ1n) is 11.4. The highest BCUT2D eigenvalue weighted by Crippen LogP contribution is 2.50. The van der Waals surface area contributed by atoms with Crippen molar-refractivity contribution in [2.45, 2.75) is 39.0 Å². The lowest BCUT2D eigenvalue weighted by Crippen LogP contribution is -2.72. The van der Waals surface area contributed by atoms with Gasteiger partial charge in [0.15, 0.2) is 10.8 Å². The van der Waals surface area contributed by atoms with Crippen LogP contribution >= 0.6 is 23.8 Å². The number of hydrogen-bond donors (Lipinski definition) is 2. The number of fused-ring (bicyclic) bond motifs is 4. The summed E-state index contributed by atoms with van der Waals surface area (Å²) < 4.78 is 6.65. The van der Waals surface area contributed by atoms with Crippen LogP contribution in [0.1, 0.15) is 36.6 Å². The first kappa shape index (κ1) is 22.7. The van der Waals surface area contributed by atoms with Gasteiger partial charge in [0, 0.05) is 22.0 Å². The molecule has 5 nitrogen and oxygen atoms in total. The van der Waals surface area contributed by atoms with E-state index < -0.39 is 11.6 Å². The summed E-state index contributed by atoms with van der Waals surface area (Å²) in [6, 6.07) is 21.0. The maximum Gasteiger partial charge on any atom is 0.236 e. The summed E-state index contributed by atoms with van der Waals surface area (Å²) in [5.74, 6) is 0.000933. The number of benzene rings is 3. The number of amides is 1. The van der Waals surface area contributed by atoms with E-state index in [1.807, 2.05) is 43.0 Å². The third-order valence-corrected chi connectivity index (χ3v) is 7.20. The smallest absolute Gasteiger partial charge is 0.236 e. The van der Waals surface area contributed by atoms with Gasteiger partial charge in [0.05, 0.1) is 6.04 Å². The van der Waals surface area contributed by atoms with Crippen LogP contribution in [0.5, 0.6) is 5.75 Å². The van der Waals surface area contributed by atoms with E-state index in [-0.39, 0.29) is 11.9 Å². The monoisotopic (exact) mass is 491 g/mol. The molecule has 1 saturated heterocycles. The van der Waals surface area contributed by atoms with Crippen LogP contribution in [0.15, 0.2) is 66.7 Å². The predicted octanol–water partition coefficient (Wildman–Crippen LogP) is 6.01. The average Bonchev–Trinajstić information content (AvgIpc) is 2.81. The molecular formula is C27H26ClN3O2S. The Labute approximate surface area is 210 Å². The van der Waals surface area contributed by atoms with Crippen molar-refractivity contribution in [3.8, 4) is 5.75 Å². The Balaban J connectivity index is 1.60. The second-order valence-corrected chi connectivity index (χ2v) is 9.78. The fourth-order valence-electron chi connectivity index (χ4n) is 4.93. The van der Waals surface area contributed by atoms with E-state index in [4.69, 9.17) is 28.6 Å². The molecule has 0 saturated carbocycles. The lowest BCUT2D eigenvalue weighted by Gasteiger charge is -2.56. The van der Waals surface area contributed by atoms with Gasteiger partial charge in [0.2, 0.25) is 5.91 Å². The molecular weight excluding hydrogens is 466 g/mol. The standard InChI is InChI=1S/C27H26ClN3O2S/c1-4-17-6-12-20(13-7-17)31-26(34)30-24-21-15-16(2)5-14-22(21)33-27(31,3)23(24)25(32)29-19-10-8-18(28)9-11-19/h5-15,23-24H,4H2,1-3H3,(H,29,32)(H,30,34). The number of carbonyl (C=O) groups is 1. The van der Waals surface area contributed by atoms with Crippen LogP contribution in [0.2, 0.25) is 5.02 Å². The Morgan fingerprint density at radius 2 is 1.85 bits per heavy atom.